The Bertz CT molecular complexity index is 1730. The van der Waals surface area contributed by atoms with Crippen molar-refractivity contribution in [1.82, 2.24) is 19.7 Å². The fraction of sp³-hybridized carbons (Fsp3) is 0.148. The molecule has 3 heterocycles. The van der Waals surface area contributed by atoms with E-state index in [0.717, 1.165) is 16.7 Å². The van der Waals surface area contributed by atoms with Crippen LogP contribution in [0.4, 0.5) is 17.5 Å². The molecule has 1 aliphatic heterocycles. The summed E-state index contributed by atoms with van der Waals surface area (Å²) in [6, 6.07) is 22.4. The second-order valence-corrected chi connectivity index (χ2v) is 11.1. The maximum absolute atomic E-state index is 14.0. The van der Waals surface area contributed by atoms with Gasteiger partial charge < -0.3 is 11.5 Å². The third-order valence-electron chi connectivity index (χ3n) is 6.77. The SMILES string of the molecule is Cc1ccc(-c2ccc(S(=O)(=O)N3CC(n4ncc5c(N)nc(N)nc54)Cc4ccccc43)cc2)cc1. The first kappa shape index (κ1) is 23.0. The maximum atomic E-state index is 14.0. The van der Waals surface area contributed by atoms with E-state index in [9.17, 15) is 8.42 Å². The predicted molar refractivity (Wildman–Crippen MR) is 144 cm³/mol. The Balaban J connectivity index is 1.39. The van der Waals surface area contributed by atoms with Crippen molar-refractivity contribution in [3.05, 3.63) is 90.1 Å². The lowest BCUT2D eigenvalue weighted by Gasteiger charge is -2.35. The minimum Gasteiger partial charge on any atom is -0.383 e. The summed E-state index contributed by atoms with van der Waals surface area (Å²) >= 11 is 0. The molecule has 10 heteroatoms. The molecule has 0 fully saturated rings. The van der Waals surface area contributed by atoms with E-state index >= 15 is 0 Å². The average molecular weight is 512 g/mol. The lowest BCUT2D eigenvalue weighted by molar-refractivity contribution is 0.456. The lowest BCUT2D eigenvalue weighted by Crippen LogP contribution is -2.41. The van der Waals surface area contributed by atoms with Crippen LogP contribution < -0.4 is 15.8 Å². The molecule has 2 aromatic heterocycles. The summed E-state index contributed by atoms with van der Waals surface area (Å²) in [5.74, 6) is 0.282. The number of sulfonamides is 1. The second kappa shape index (κ2) is 8.59. The van der Waals surface area contributed by atoms with Crippen LogP contribution in [0.25, 0.3) is 22.2 Å². The number of aromatic nitrogens is 4. The minimum absolute atomic E-state index is 0.0427. The van der Waals surface area contributed by atoms with Gasteiger partial charge in [0, 0.05) is 0 Å². The predicted octanol–water partition coefficient (Wildman–Crippen LogP) is 3.96. The molecule has 5 aromatic rings. The van der Waals surface area contributed by atoms with Crippen LogP contribution in [0.2, 0.25) is 0 Å². The Morgan fingerprint density at radius 2 is 1.57 bits per heavy atom. The van der Waals surface area contributed by atoms with E-state index in [-0.39, 0.29) is 29.2 Å². The van der Waals surface area contributed by atoms with Gasteiger partial charge in [0.05, 0.1) is 34.8 Å². The van der Waals surface area contributed by atoms with E-state index in [1.165, 1.54) is 9.87 Å². The number of nitrogens with two attached hydrogens (primary N) is 2. The molecule has 4 N–H and O–H groups in total. The van der Waals surface area contributed by atoms with Crippen molar-refractivity contribution in [3.8, 4) is 11.1 Å². The first-order valence-corrected chi connectivity index (χ1v) is 13.3. The van der Waals surface area contributed by atoms with Gasteiger partial charge in [0.25, 0.3) is 10.0 Å². The molecular weight excluding hydrogens is 486 g/mol. The molecule has 1 aliphatic rings. The third-order valence-corrected chi connectivity index (χ3v) is 8.56. The van der Waals surface area contributed by atoms with E-state index in [1.807, 2.05) is 67.6 Å². The molecule has 0 amide bonds. The summed E-state index contributed by atoms with van der Waals surface area (Å²) < 4.78 is 31.1. The van der Waals surface area contributed by atoms with E-state index in [0.29, 0.717) is 23.1 Å². The Labute approximate surface area is 214 Å². The zero-order valence-corrected chi connectivity index (χ0v) is 20.9. The molecular formula is C27H25N7O2S. The number of nitrogens with zero attached hydrogens (tertiary/aromatic N) is 5. The van der Waals surface area contributed by atoms with Crippen LogP contribution in [0.15, 0.2) is 83.9 Å². The van der Waals surface area contributed by atoms with Gasteiger partial charge in [-0.25, -0.2) is 13.1 Å². The molecule has 3 aromatic carbocycles. The molecule has 6 rings (SSSR count). The van der Waals surface area contributed by atoms with Gasteiger partial charge in [-0.05, 0) is 48.2 Å². The summed E-state index contributed by atoms with van der Waals surface area (Å²) in [5, 5.41) is 5.07. The fourth-order valence-electron chi connectivity index (χ4n) is 4.85. The van der Waals surface area contributed by atoms with Crippen LogP contribution in [0, 0.1) is 6.92 Å². The number of benzene rings is 3. The highest BCUT2D eigenvalue weighted by Gasteiger charge is 2.35. The topological polar surface area (TPSA) is 133 Å². The van der Waals surface area contributed by atoms with Crippen LogP contribution in [-0.2, 0) is 16.4 Å². The summed E-state index contributed by atoms with van der Waals surface area (Å²) in [6.45, 7) is 2.21. The Hall–Kier alpha value is -4.44. The number of hydrogen-bond acceptors (Lipinski definition) is 7. The van der Waals surface area contributed by atoms with Crippen LogP contribution in [-0.4, -0.2) is 34.7 Å². The van der Waals surface area contributed by atoms with Crippen LogP contribution in [0.1, 0.15) is 17.2 Å². The fourth-order valence-corrected chi connectivity index (χ4v) is 6.39. The number of fused-ring (bicyclic) bond motifs is 2. The highest BCUT2D eigenvalue weighted by Crippen LogP contribution is 2.37. The monoisotopic (exact) mass is 511 g/mol. The van der Waals surface area contributed by atoms with Crippen molar-refractivity contribution in [3.63, 3.8) is 0 Å². The van der Waals surface area contributed by atoms with E-state index in [1.54, 1.807) is 23.0 Å². The highest BCUT2D eigenvalue weighted by atomic mass is 32.2. The van der Waals surface area contributed by atoms with Gasteiger partial charge >= 0.3 is 0 Å². The molecule has 0 bridgehead atoms. The number of aryl methyl sites for hydroxylation is 1. The zero-order chi connectivity index (χ0) is 25.7. The van der Waals surface area contributed by atoms with Crippen molar-refractivity contribution < 1.29 is 8.42 Å². The van der Waals surface area contributed by atoms with Crippen LogP contribution >= 0.6 is 0 Å². The van der Waals surface area contributed by atoms with Crippen LogP contribution in [0.5, 0.6) is 0 Å². The molecule has 186 valence electrons. The standard InChI is InChI=1S/C27H25N7O2S/c1-17-6-8-18(9-7-17)19-10-12-22(13-11-19)37(35,36)33-16-21(14-20-4-2-3-5-24(20)33)34-26-23(15-30-34)25(28)31-27(29)32-26/h2-13,15,21H,14,16H2,1H3,(H4,28,29,31,32). The molecule has 0 saturated carbocycles. The van der Waals surface area contributed by atoms with Gasteiger partial charge in [-0.3, -0.25) is 4.31 Å². The van der Waals surface area contributed by atoms with Crippen molar-refractivity contribution in [2.45, 2.75) is 24.3 Å². The minimum atomic E-state index is -3.86. The molecule has 0 aliphatic carbocycles. The summed E-state index contributed by atoms with van der Waals surface area (Å²) in [6.07, 6.45) is 2.17. The number of hydrogen-bond donors (Lipinski definition) is 2. The van der Waals surface area contributed by atoms with Gasteiger partial charge in [-0.15, -0.1) is 0 Å². The molecule has 9 nitrogen and oxygen atoms in total. The number of rotatable bonds is 4. The van der Waals surface area contributed by atoms with Gasteiger partial charge in [-0.2, -0.15) is 15.1 Å². The first-order valence-electron chi connectivity index (χ1n) is 11.9. The maximum Gasteiger partial charge on any atom is 0.264 e. The van der Waals surface area contributed by atoms with Crippen LogP contribution in [0.3, 0.4) is 0 Å². The smallest absolute Gasteiger partial charge is 0.264 e. The van der Waals surface area contributed by atoms with E-state index in [4.69, 9.17) is 11.5 Å². The second-order valence-electron chi connectivity index (χ2n) is 9.21. The quantitative estimate of drug-likeness (QED) is 0.373. The Kier molecular flexibility index (Phi) is 5.34. The molecule has 0 spiro atoms. The average Bonchev–Trinajstić information content (AvgIpc) is 3.33. The largest absolute Gasteiger partial charge is 0.383 e. The van der Waals surface area contributed by atoms with Crippen molar-refractivity contribution in [2.24, 2.45) is 0 Å². The normalized spacial score (nSPS) is 15.6. The summed E-state index contributed by atoms with van der Waals surface area (Å²) in [4.78, 5) is 8.57. The van der Waals surface area contributed by atoms with Crippen molar-refractivity contribution in [1.29, 1.82) is 0 Å². The third kappa shape index (κ3) is 3.95. The number of para-hydroxylation sites is 1. The molecule has 1 atom stereocenters. The Morgan fingerprint density at radius 3 is 2.30 bits per heavy atom. The highest BCUT2D eigenvalue weighted by molar-refractivity contribution is 7.92. The number of nitrogen functional groups attached to an aromatic ring is 2. The lowest BCUT2D eigenvalue weighted by atomic mass is 10.00. The van der Waals surface area contributed by atoms with Gasteiger partial charge in [-0.1, -0.05) is 60.2 Å². The van der Waals surface area contributed by atoms with Gasteiger partial charge in [0.2, 0.25) is 5.95 Å². The van der Waals surface area contributed by atoms with E-state index in [2.05, 4.69) is 15.1 Å². The number of anilines is 3. The summed E-state index contributed by atoms with van der Waals surface area (Å²) in [5.41, 5.74) is 17.1. The molecule has 1 unspecified atom stereocenters. The van der Waals surface area contributed by atoms with Gasteiger partial charge in [0.15, 0.2) is 5.65 Å². The first-order chi connectivity index (χ1) is 17.8. The molecule has 37 heavy (non-hydrogen) atoms. The molecule has 0 saturated heterocycles. The molecule has 0 radical (unpaired) electrons. The van der Waals surface area contributed by atoms with Gasteiger partial charge in [0.1, 0.15) is 5.82 Å². The van der Waals surface area contributed by atoms with Crippen molar-refractivity contribution in [2.75, 3.05) is 22.3 Å². The van der Waals surface area contributed by atoms with Crippen molar-refractivity contribution >= 4 is 38.5 Å². The zero-order valence-electron chi connectivity index (χ0n) is 20.1. The van der Waals surface area contributed by atoms with E-state index < -0.39 is 10.0 Å². The summed E-state index contributed by atoms with van der Waals surface area (Å²) in [7, 11) is -3.86. The Morgan fingerprint density at radius 1 is 0.892 bits per heavy atom.